The summed E-state index contributed by atoms with van der Waals surface area (Å²) in [6.45, 7) is 6.10. The van der Waals surface area contributed by atoms with Crippen molar-refractivity contribution < 1.29 is 19.1 Å². The highest BCUT2D eigenvalue weighted by Gasteiger charge is 2.23. The second kappa shape index (κ2) is 8.49. The monoisotopic (exact) mass is 347 g/mol. The van der Waals surface area contributed by atoms with Crippen molar-refractivity contribution in [2.45, 2.75) is 33.8 Å². The van der Waals surface area contributed by atoms with Crippen LogP contribution in [0.3, 0.4) is 0 Å². The van der Waals surface area contributed by atoms with Crippen molar-refractivity contribution >= 4 is 28.4 Å². The molecule has 128 valence electrons. The van der Waals surface area contributed by atoms with E-state index in [0.29, 0.717) is 17.0 Å². The lowest BCUT2D eigenvalue weighted by Gasteiger charge is -2.08. The lowest BCUT2D eigenvalue weighted by Crippen LogP contribution is -2.16. The van der Waals surface area contributed by atoms with E-state index in [1.807, 2.05) is 44.2 Å². The molecule has 24 heavy (non-hydrogen) atoms. The number of hydrogen-bond donors (Lipinski definition) is 1. The summed E-state index contributed by atoms with van der Waals surface area (Å²) in [4.78, 5) is 25.2. The zero-order valence-corrected chi connectivity index (χ0v) is 14.9. The van der Waals surface area contributed by atoms with Crippen LogP contribution < -0.4 is 5.32 Å². The van der Waals surface area contributed by atoms with Gasteiger partial charge in [-0.2, -0.15) is 0 Å². The number of carbonyl (C=O) groups is 2. The minimum atomic E-state index is -0.590. The van der Waals surface area contributed by atoms with Gasteiger partial charge in [0.1, 0.15) is 11.6 Å². The third kappa shape index (κ3) is 4.35. The number of thiophene rings is 1. The number of hydrogen-bond acceptors (Lipinski definition) is 5. The first-order chi connectivity index (χ1) is 11.6. The van der Waals surface area contributed by atoms with E-state index in [4.69, 9.17) is 9.47 Å². The summed E-state index contributed by atoms with van der Waals surface area (Å²) in [5, 5.41) is 3.15. The molecule has 1 aromatic heterocycles. The molecule has 0 radical (unpaired) electrons. The van der Waals surface area contributed by atoms with Gasteiger partial charge in [0.05, 0.1) is 12.2 Å². The van der Waals surface area contributed by atoms with Crippen molar-refractivity contribution in [2.24, 2.45) is 0 Å². The maximum atomic E-state index is 12.2. The van der Waals surface area contributed by atoms with Crippen molar-refractivity contribution in [2.75, 3.05) is 11.9 Å². The fourth-order valence-corrected chi connectivity index (χ4v) is 3.48. The van der Waals surface area contributed by atoms with Gasteiger partial charge >= 0.3 is 12.1 Å². The summed E-state index contributed by atoms with van der Waals surface area (Å²) < 4.78 is 10.3. The molecule has 6 heteroatoms. The Morgan fingerprint density at radius 3 is 2.46 bits per heavy atom. The smallest absolute Gasteiger partial charge is 0.412 e. The number of amides is 1. The van der Waals surface area contributed by atoms with Gasteiger partial charge in [0.15, 0.2) is 0 Å². The van der Waals surface area contributed by atoms with Gasteiger partial charge in [-0.25, -0.2) is 9.59 Å². The SMILES string of the molecule is CCOC(=O)c1c(NC(=O)OCc2ccccc2)sc(C)c1CC. The Morgan fingerprint density at radius 1 is 1.12 bits per heavy atom. The number of carbonyl (C=O) groups excluding carboxylic acids is 2. The molecule has 0 atom stereocenters. The number of benzene rings is 1. The maximum Gasteiger partial charge on any atom is 0.412 e. The zero-order valence-electron chi connectivity index (χ0n) is 14.0. The van der Waals surface area contributed by atoms with Gasteiger partial charge in [-0.05, 0) is 31.4 Å². The molecule has 2 aromatic rings. The molecule has 0 bridgehead atoms. The Balaban J connectivity index is 2.10. The predicted molar refractivity (Wildman–Crippen MR) is 94.6 cm³/mol. The molecule has 1 N–H and O–H groups in total. The molecule has 0 unspecified atom stereocenters. The summed E-state index contributed by atoms with van der Waals surface area (Å²) in [5.74, 6) is -0.419. The Labute approximate surface area is 145 Å². The summed E-state index contributed by atoms with van der Waals surface area (Å²) in [6, 6.07) is 9.41. The van der Waals surface area contributed by atoms with E-state index in [1.54, 1.807) is 6.92 Å². The maximum absolute atomic E-state index is 12.2. The molecule has 0 fully saturated rings. The van der Waals surface area contributed by atoms with Crippen LogP contribution in [0.15, 0.2) is 30.3 Å². The molecule has 0 saturated heterocycles. The predicted octanol–water partition coefficient (Wildman–Crippen LogP) is 4.54. The third-order valence-electron chi connectivity index (χ3n) is 3.47. The molecule has 0 aliphatic heterocycles. The molecule has 2 rings (SSSR count). The van der Waals surface area contributed by atoms with Crippen molar-refractivity contribution in [1.29, 1.82) is 0 Å². The highest BCUT2D eigenvalue weighted by molar-refractivity contribution is 7.16. The van der Waals surface area contributed by atoms with Gasteiger partial charge in [-0.1, -0.05) is 37.3 Å². The largest absolute Gasteiger partial charge is 0.462 e. The van der Waals surface area contributed by atoms with Crippen LogP contribution in [0.1, 0.15) is 40.2 Å². The van der Waals surface area contributed by atoms with Crippen LogP contribution in [0.2, 0.25) is 0 Å². The number of aryl methyl sites for hydroxylation is 1. The van der Waals surface area contributed by atoms with Crippen LogP contribution in [0, 0.1) is 6.92 Å². The van der Waals surface area contributed by atoms with E-state index in [1.165, 1.54) is 11.3 Å². The van der Waals surface area contributed by atoms with Crippen LogP contribution in [-0.4, -0.2) is 18.7 Å². The van der Waals surface area contributed by atoms with E-state index >= 15 is 0 Å². The fourth-order valence-electron chi connectivity index (χ4n) is 2.36. The van der Waals surface area contributed by atoms with Crippen molar-refractivity contribution in [3.05, 3.63) is 51.9 Å². The normalized spacial score (nSPS) is 10.3. The Kier molecular flexibility index (Phi) is 6.37. The summed E-state index contributed by atoms with van der Waals surface area (Å²) in [5.41, 5.74) is 2.23. The van der Waals surface area contributed by atoms with Crippen LogP contribution in [-0.2, 0) is 22.5 Å². The van der Waals surface area contributed by atoms with Gasteiger partial charge in [0.2, 0.25) is 0 Å². The average molecular weight is 347 g/mol. The van der Waals surface area contributed by atoms with Gasteiger partial charge in [-0.3, -0.25) is 5.32 Å². The molecule has 1 amide bonds. The minimum absolute atomic E-state index is 0.173. The third-order valence-corrected chi connectivity index (χ3v) is 4.53. The average Bonchev–Trinajstić information content (AvgIpc) is 2.89. The molecule has 0 aliphatic carbocycles. The van der Waals surface area contributed by atoms with Gasteiger partial charge < -0.3 is 9.47 Å². The minimum Gasteiger partial charge on any atom is -0.462 e. The summed E-state index contributed by atoms with van der Waals surface area (Å²) >= 11 is 1.36. The first kappa shape index (κ1) is 18.0. The fraction of sp³-hybridized carbons (Fsp3) is 0.333. The second-order valence-corrected chi connectivity index (χ2v) is 6.33. The first-order valence-corrected chi connectivity index (χ1v) is 8.65. The molecule has 0 aliphatic rings. The van der Waals surface area contributed by atoms with E-state index in [-0.39, 0.29) is 13.2 Å². The summed E-state index contributed by atoms with van der Waals surface area (Å²) in [6.07, 6.45) is 0.102. The molecule has 0 saturated carbocycles. The Hall–Kier alpha value is -2.34. The standard InChI is InChI=1S/C18H21NO4S/c1-4-14-12(3)24-16(15(14)17(20)22-5-2)19-18(21)23-11-13-9-7-6-8-10-13/h6-10H,4-5,11H2,1-3H3,(H,19,21). The lowest BCUT2D eigenvalue weighted by atomic mass is 10.1. The van der Waals surface area contributed by atoms with E-state index < -0.39 is 12.1 Å². The first-order valence-electron chi connectivity index (χ1n) is 7.83. The molecule has 1 heterocycles. The van der Waals surface area contributed by atoms with Crippen molar-refractivity contribution in [3.8, 4) is 0 Å². The number of ether oxygens (including phenoxy) is 2. The molecule has 0 spiro atoms. The highest BCUT2D eigenvalue weighted by Crippen LogP contribution is 2.34. The van der Waals surface area contributed by atoms with Gasteiger partial charge in [-0.15, -0.1) is 11.3 Å². The molecule has 1 aromatic carbocycles. The number of esters is 1. The van der Waals surface area contributed by atoms with Crippen molar-refractivity contribution in [3.63, 3.8) is 0 Å². The van der Waals surface area contributed by atoms with Crippen LogP contribution in [0.4, 0.5) is 9.80 Å². The number of nitrogens with one attached hydrogen (secondary N) is 1. The highest BCUT2D eigenvalue weighted by atomic mass is 32.1. The van der Waals surface area contributed by atoms with E-state index in [2.05, 4.69) is 5.32 Å². The quantitative estimate of drug-likeness (QED) is 0.779. The molecular formula is C18H21NO4S. The molecular weight excluding hydrogens is 326 g/mol. The molecule has 5 nitrogen and oxygen atoms in total. The van der Waals surface area contributed by atoms with Crippen LogP contribution >= 0.6 is 11.3 Å². The van der Waals surface area contributed by atoms with Gasteiger partial charge in [0, 0.05) is 4.88 Å². The topological polar surface area (TPSA) is 64.6 Å². The van der Waals surface area contributed by atoms with E-state index in [0.717, 1.165) is 16.0 Å². The lowest BCUT2D eigenvalue weighted by molar-refractivity contribution is 0.0527. The van der Waals surface area contributed by atoms with Crippen LogP contribution in [0.5, 0.6) is 0 Å². The van der Waals surface area contributed by atoms with Crippen LogP contribution in [0.25, 0.3) is 0 Å². The van der Waals surface area contributed by atoms with Crippen molar-refractivity contribution in [1.82, 2.24) is 0 Å². The summed E-state index contributed by atoms with van der Waals surface area (Å²) in [7, 11) is 0. The zero-order chi connectivity index (χ0) is 17.5. The Bertz CT molecular complexity index is 709. The number of rotatable bonds is 6. The number of anilines is 1. The van der Waals surface area contributed by atoms with E-state index in [9.17, 15) is 9.59 Å². The van der Waals surface area contributed by atoms with Gasteiger partial charge in [0.25, 0.3) is 0 Å². The second-order valence-electron chi connectivity index (χ2n) is 5.10. The Morgan fingerprint density at radius 2 is 1.83 bits per heavy atom.